The van der Waals surface area contributed by atoms with Crippen LogP contribution in [-0.4, -0.2) is 36.5 Å². The molecule has 0 amide bonds. The van der Waals surface area contributed by atoms with Crippen LogP contribution in [0.4, 0.5) is 5.69 Å². The van der Waals surface area contributed by atoms with Crippen molar-refractivity contribution in [3.05, 3.63) is 76.6 Å². The number of rotatable bonds is 5. The van der Waals surface area contributed by atoms with Gasteiger partial charge in [0.15, 0.2) is 7.85 Å². The van der Waals surface area contributed by atoms with E-state index in [1.807, 2.05) is 36.7 Å². The number of nitrogens with zero attached hydrogens (tertiary/aromatic N) is 3. The third-order valence-corrected chi connectivity index (χ3v) is 6.01. The molecule has 2 heterocycles. The van der Waals surface area contributed by atoms with Crippen molar-refractivity contribution < 1.29 is 9.53 Å². The molecule has 1 aromatic heterocycles. The van der Waals surface area contributed by atoms with Gasteiger partial charge in [0.1, 0.15) is 17.1 Å². The molecule has 0 radical (unpaired) electrons. The zero-order valence-corrected chi connectivity index (χ0v) is 19.0. The SMILES string of the molecule is BC(=O)c1nn(-c2ccc(OCC)c(C)c2)c2c1CCN(c1ccc(C)c(C)c1)C2=C. The molecule has 6 heteroatoms. The lowest BCUT2D eigenvalue weighted by Gasteiger charge is -2.32. The second kappa shape index (κ2) is 8.10. The summed E-state index contributed by atoms with van der Waals surface area (Å²) in [5, 5.41) is 4.73. The third-order valence-electron chi connectivity index (χ3n) is 6.01. The molecule has 5 nitrogen and oxygen atoms in total. The van der Waals surface area contributed by atoms with Crippen LogP contribution in [0.25, 0.3) is 11.4 Å². The maximum Gasteiger partial charge on any atom is 0.195 e. The van der Waals surface area contributed by atoms with Gasteiger partial charge in [-0.25, -0.2) is 4.68 Å². The molecule has 0 unspecified atom stereocenters. The highest BCUT2D eigenvalue weighted by atomic mass is 16.5. The molecule has 31 heavy (non-hydrogen) atoms. The van der Waals surface area contributed by atoms with E-state index in [2.05, 4.69) is 43.5 Å². The molecule has 2 aromatic carbocycles. The number of anilines is 1. The lowest BCUT2D eigenvalue weighted by molar-refractivity contribution is 0.107. The van der Waals surface area contributed by atoms with Crippen molar-refractivity contribution in [2.75, 3.05) is 18.1 Å². The van der Waals surface area contributed by atoms with Crippen LogP contribution in [-0.2, 0) is 6.42 Å². The number of hydrogen-bond acceptors (Lipinski definition) is 4. The molecule has 1 aliphatic heterocycles. The van der Waals surface area contributed by atoms with Gasteiger partial charge in [-0.3, -0.25) is 0 Å². The van der Waals surface area contributed by atoms with Crippen molar-refractivity contribution in [1.29, 1.82) is 0 Å². The first-order chi connectivity index (χ1) is 14.8. The van der Waals surface area contributed by atoms with Crippen molar-refractivity contribution >= 4 is 24.9 Å². The first-order valence-corrected chi connectivity index (χ1v) is 10.7. The number of benzene rings is 2. The van der Waals surface area contributed by atoms with Gasteiger partial charge in [-0.1, -0.05) is 12.6 Å². The van der Waals surface area contributed by atoms with Crippen molar-refractivity contribution in [2.24, 2.45) is 0 Å². The van der Waals surface area contributed by atoms with E-state index in [9.17, 15) is 4.79 Å². The van der Waals surface area contributed by atoms with E-state index in [1.54, 1.807) is 7.85 Å². The summed E-state index contributed by atoms with van der Waals surface area (Å²) < 4.78 is 7.56. The average molecular weight is 413 g/mol. The molecule has 0 atom stereocenters. The topological polar surface area (TPSA) is 47.4 Å². The van der Waals surface area contributed by atoms with Crippen LogP contribution in [0.15, 0.2) is 43.0 Å². The number of hydrogen-bond donors (Lipinski definition) is 0. The van der Waals surface area contributed by atoms with Crippen LogP contribution in [0.3, 0.4) is 0 Å². The fourth-order valence-electron chi connectivity index (χ4n) is 4.20. The molecule has 0 aliphatic carbocycles. The maximum atomic E-state index is 12.4. The van der Waals surface area contributed by atoms with Gasteiger partial charge in [0, 0.05) is 17.8 Å². The van der Waals surface area contributed by atoms with Crippen LogP contribution in [0.1, 0.15) is 45.4 Å². The number of aryl methyl sites for hydroxylation is 3. The largest absolute Gasteiger partial charge is 0.494 e. The molecule has 0 N–H and O–H groups in total. The Morgan fingerprint density at radius 3 is 2.45 bits per heavy atom. The third kappa shape index (κ3) is 3.67. The number of carbonyl (C=O) groups excluding carboxylic acids is 1. The molecule has 0 saturated carbocycles. The van der Waals surface area contributed by atoms with Crippen LogP contribution in [0.5, 0.6) is 5.75 Å². The van der Waals surface area contributed by atoms with Gasteiger partial charge < -0.3 is 14.4 Å². The summed E-state index contributed by atoms with van der Waals surface area (Å²) in [7, 11) is 1.58. The van der Waals surface area contributed by atoms with Gasteiger partial charge in [0.2, 0.25) is 0 Å². The monoisotopic (exact) mass is 413 g/mol. The Labute approximate surface area is 184 Å². The van der Waals surface area contributed by atoms with Gasteiger partial charge in [0.05, 0.1) is 23.7 Å². The van der Waals surface area contributed by atoms with E-state index in [0.29, 0.717) is 12.3 Å². The summed E-state index contributed by atoms with van der Waals surface area (Å²) in [5.41, 5.74) is 8.79. The van der Waals surface area contributed by atoms with E-state index in [-0.39, 0.29) is 5.68 Å². The summed E-state index contributed by atoms with van der Waals surface area (Å²) in [6, 6.07) is 12.5. The minimum Gasteiger partial charge on any atom is -0.494 e. The first kappa shape index (κ1) is 21.0. The Morgan fingerprint density at radius 1 is 1.10 bits per heavy atom. The predicted molar refractivity (Wildman–Crippen MR) is 128 cm³/mol. The highest BCUT2D eigenvalue weighted by Crippen LogP contribution is 2.36. The zero-order valence-electron chi connectivity index (χ0n) is 19.0. The lowest BCUT2D eigenvalue weighted by Crippen LogP contribution is -2.30. The first-order valence-electron chi connectivity index (χ1n) is 10.7. The molecule has 0 saturated heterocycles. The van der Waals surface area contributed by atoms with E-state index in [1.165, 1.54) is 11.1 Å². The van der Waals surface area contributed by atoms with Crippen molar-refractivity contribution in [2.45, 2.75) is 34.1 Å². The summed E-state index contributed by atoms with van der Waals surface area (Å²) >= 11 is 0. The van der Waals surface area contributed by atoms with E-state index in [0.717, 1.165) is 52.6 Å². The minimum absolute atomic E-state index is 0.0231. The normalized spacial score (nSPS) is 13.3. The van der Waals surface area contributed by atoms with Gasteiger partial charge >= 0.3 is 0 Å². The zero-order chi connectivity index (χ0) is 22.3. The van der Waals surface area contributed by atoms with Crippen molar-refractivity contribution in [1.82, 2.24) is 9.78 Å². The Hall–Kier alpha value is -3.28. The summed E-state index contributed by atoms with van der Waals surface area (Å²) in [6.45, 7) is 14.0. The van der Waals surface area contributed by atoms with Crippen molar-refractivity contribution in [3.8, 4) is 11.4 Å². The predicted octanol–water partition coefficient (Wildman–Crippen LogP) is 4.00. The number of carbonyl (C=O) groups is 1. The van der Waals surface area contributed by atoms with Crippen LogP contribution < -0.4 is 9.64 Å². The second-order valence-electron chi connectivity index (χ2n) is 8.14. The molecule has 0 spiro atoms. The fourth-order valence-corrected chi connectivity index (χ4v) is 4.20. The van der Waals surface area contributed by atoms with Crippen molar-refractivity contribution in [3.63, 3.8) is 0 Å². The minimum atomic E-state index is -0.0231. The van der Waals surface area contributed by atoms with Gasteiger partial charge in [-0.2, -0.15) is 5.10 Å². The number of aromatic nitrogens is 2. The molecule has 3 aromatic rings. The highest BCUT2D eigenvalue weighted by molar-refractivity contribution is 6.62. The maximum absolute atomic E-state index is 12.4. The lowest BCUT2D eigenvalue weighted by atomic mass is 9.92. The Morgan fingerprint density at radius 2 is 1.81 bits per heavy atom. The fraction of sp³-hybridized carbons (Fsp3) is 0.280. The smallest absolute Gasteiger partial charge is 0.195 e. The van der Waals surface area contributed by atoms with Crippen LogP contribution in [0, 0.1) is 20.8 Å². The summed E-state index contributed by atoms with van der Waals surface area (Å²) in [5.74, 6) is 0.856. The van der Waals surface area contributed by atoms with Gasteiger partial charge in [-0.15, -0.1) is 0 Å². The van der Waals surface area contributed by atoms with E-state index >= 15 is 0 Å². The average Bonchev–Trinajstić information content (AvgIpc) is 3.13. The Balaban J connectivity index is 1.83. The Bertz CT molecular complexity index is 1200. The quantitative estimate of drug-likeness (QED) is 0.594. The molecular weight excluding hydrogens is 385 g/mol. The molecule has 0 fully saturated rings. The second-order valence-corrected chi connectivity index (χ2v) is 8.14. The molecular formula is C25H28BN3O2. The standard InChI is InChI=1S/C25H28BN3O2/c1-6-31-22-10-9-20(14-17(22)4)29-24-18(5)28(19-8-7-15(2)16(3)13-19)12-11-21(24)23(27-29)25(26)30/h7-10,13-14H,5-6,11-12,26H2,1-4H3. The van der Waals surface area contributed by atoms with Crippen LogP contribution >= 0.6 is 0 Å². The highest BCUT2D eigenvalue weighted by Gasteiger charge is 2.30. The van der Waals surface area contributed by atoms with Gasteiger partial charge in [0.25, 0.3) is 0 Å². The Kier molecular flexibility index (Phi) is 5.48. The van der Waals surface area contributed by atoms with E-state index < -0.39 is 0 Å². The molecule has 1 aliphatic rings. The number of ether oxygens (including phenoxy) is 1. The number of fused-ring (bicyclic) bond motifs is 1. The summed E-state index contributed by atoms with van der Waals surface area (Å²) in [6.07, 6.45) is 0.742. The molecule has 158 valence electrons. The summed E-state index contributed by atoms with van der Waals surface area (Å²) in [4.78, 5) is 14.6. The molecule has 4 rings (SSSR count). The van der Waals surface area contributed by atoms with Gasteiger partial charge in [-0.05, 0) is 81.1 Å². The van der Waals surface area contributed by atoms with Crippen LogP contribution in [0.2, 0.25) is 0 Å². The van der Waals surface area contributed by atoms with E-state index in [4.69, 9.17) is 9.84 Å². The molecule has 0 bridgehead atoms.